The van der Waals surface area contributed by atoms with Gasteiger partial charge < -0.3 is 5.32 Å². The molecule has 3 N–H and O–H groups in total. The van der Waals surface area contributed by atoms with E-state index in [9.17, 15) is 8.42 Å². The van der Waals surface area contributed by atoms with Gasteiger partial charge in [-0.15, -0.1) is 0 Å². The first-order chi connectivity index (χ1) is 9.90. The average molecular weight is 309 g/mol. The van der Waals surface area contributed by atoms with Gasteiger partial charge in [-0.2, -0.15) is 13.5 Å². The highest BCUT2D eigenvalue weighted by atomic mass is 32.2. The van der Waals surface area contributed by atoms with Crippen LogP contribution in [0.4, 0.5) is 5.82 Å². The summed E-state index contributed by atoms with van der Waals surface area (Å²) in [5.74, 6) is 0.265. The number of nitrogens with zero attached hydrogens (tertiary/aromatic N) is 2. The van der Waals surface area contributed by atoms with Crippen molar-refractivity contribution in [2.45, 2.75) is 38.4 Å². The molecule has 0 spiro atoms. The minimum absolute atomic E-state index is 0.00111. The number of rotatable bonds is 6. The molecule has 0 atom stereocenters. The molecule has 21 heavy (non-hydrogen) atoms. The van der Waals surface area contributed by atoms with Crippen molar-refractivity contribution in [3.63, 3.8) is 0 Å². The summed E-state index contributed by atoms with van der Waals surface area (Å²) in [6.45, 7) is 6.22. The molecule has 2 aromatic heterocycles. The summed E-state index contributed by atoms with van der Waals surface area (Å²) in [5, 5.41) is 9.84. The number of nitrogens with one attached hydrogen (secondary N) is 3. The van der Waals surface area contributed by atoms with E-state index in [0.29, 0.717) is 12.1 Å². The van der Waals surface area contributed by atoms with E-state index in [-0.39, 0.29) is 16.9 Å². The number of hydrogen-bond donors (Lipinski definition) is 3. The van der Waals surface area contributed by atoms with Gasteiger partial charge >= 0.3 is 0 Å². The maximum Gasteiger partial charge on any atom is 0.282 e. The van der Waals surface area contributed by atoms with Crippen molar-refractivity contribution < 1.29 is 8.42 Å². The van der Waals surface area contributed by atoms with Crippen LogP contribution in [-0.4, -0.2) is 29.6 Å². The normalized spacial score (nSPS) is 11.8. The zero-order chi connectivity index (χ0) is 15.5. The fraction of sp³-hybridized carbons (Fsp3) is 0.385. The molecule has 7 nitrogen and oxygen atoms in total. The molecule has 2 aromatic rings. The molecule has 0 radical (unpaired) electrons. The van der Waals surface area contributed by atoms with Gasteiger partial charge in [0.15, 0.2) is 0 Å². The van der Waals surface area contributed by atoms with Crippen LogP contribution in [0, 0.1) is 6.92 Å². The lowest BCUT2D eigenvalue weighted by Crippen LogP contribution is -2.24. The van der Waals surface area contributed by atoms with Crippen molar-refractivity contribution in [3.05, 3.63) is 35.7 Å². The summed E-state index contributed by atoms with van der Waals surface area (Å²) in [4.78, 5) is 3.96. The second-order valence-electron chi connectivity index (χ2n) is 4.99. The summed E-state index contributed by atoms with van der Waals surface area (Å²) in [7, 11) is -3.77. The van der Waals surface area contributed by atoms with E-state index < -0.39 is 10.0 Å². The molecular formula is C13H19N5O2S. The Morgan fingerprint density at radius 2 is 2.10 bits per heavy atom. The first-order valence-electron chi connectivity index (χ1n) is 6.61. The number of sulfonamides is 1. The molecule has 0 aliphatic carbocycles. The van der Waals surface area contributed by atoms with Gasteiger partial charge in [-0.3, -0.25) is 9.82 Å². The van der Waals surface area contributed by atoms with Gasteiger partial charge in [-0.1, -0.05) is 19.9 Å². The fourth-order valence-electron chi connectivity index (χ4n) is 1.78. The van der Waals surface area contributed by atoms with Gasteiger partial charge in [0.1, 0.15) is 5.82 Å². The average Bonchev–Trinajstić information content (AvgIpc) is 2.79. The second-order valence-corrected chi connectivity index (χ2v) is 6.59. The smallest absolute Gasteiger partial charge is 0.282 e. The Balaban J connectivity index is 2.28. The van der Waals surface area contributed by atoms with Crippen molar-refractivity contribution in [1.82, 2.24) is 20.5 Å². The van der Waals surface area contributed by atoms with Crippen LogP contribution < -0.4 is 10.0 Å². The van der Waals surface area contributed by atoms with Crippen molar-refractivity contribution in [1.29, 1.82) is 0 Å². The lowest BCUT2D eigenvalue weighted by molar-refractivity contribution is 0.573. The summed E-state index contributed by atoms with van der Waals surface area (Å²) >= 11 is 0. The van der Waals surface area contributed by atoms with E-state index in [1.165, 1.54) is 6.20 Å². The molecule has 0 amide bonds. The van der Waals surface area contributed by atoms with Gasteiger partial charge in [-0.05, 0) is 19.1 Å². The molecule has 0 aliphatic rings. The largest absolute Gasteiger partial charge is 0.310 e. The van der Waals surface area contributed by atoms with Crippen molar-refractivity contribution >= 4 is 15.8 Å². The number of hydrogen-bond acceptors (Lipinski definition) is 5. The highest BCUT2D eigenvalue weighted by molar-refractivity contribution is 7.92. The number of aromatic nitrogens is 3. The molecule has 0 aromatic carbocycles. The summed E-state index contributed by atoms with van der Waals surface area (Å²) in [6.07, 6.45) is 1.52. The van der Waals surface area contributed by atoms with Crippen LogP contribution in [0.3, 0.4) is 0 Å². The Labute approximate surface area is 124 Å². The maximum atomic E-state index is 12.4. The van der Waals surface area contributed by atoms with Crippen LogP contribution in [0.1, 0.15) is 25.1 Å². The molecule has 0 saturated carbocycles. The van der Waals surface area contributed by atoms with E-state index in [4.69, 9.17) is 0 Å². The Kier molecular flexibility index (Phi) is 4.59. The van der Waals surface area contributed by atoms with Crippen molar-refractivity contribution in [2.24, 2.45) is 0 Å². The predicted molar refractivity (Wildman–Crippen MR) is 80.3 cm³/mol. The molecule has 2 heterocycles. The van der Waals surface area contributed by atoms with Crippen LogP contribution in [0.2, 0.25) is 0 Å². The lowest BCUT2D eigenvalue weighted by Gasteiger charge is -2.10. The third kappa shape index (κ3) is 3.79. The third-order valence-corrected chi connectivity index (χ3v) is 4.21. The van der Waals surface area contributed by atoms with Gasteiger partial charge in [0.25, 0.3) is 10.0 Å². The van der Waals surface area contributed by atoms with Crippen LogP contribution >= 0.6 is 0 Å². The van der Waals surface area contributed by atoms with Crippen LogP contribution in [0.25, 0.3) is 0 Å². The third-order valence-electron chi connectivity index (χ3n) is 2.88. The fourth-order valence-corrected chi connectivity index (χ4v) is 2.98. The monoisotopic (exact) mass is 309 g/mol. The standard InChI is InChI=1S/C13H19N5O2S/c1-9(2)15-8-11-10(3)16-17-13(11)21(19,20)18-12-6-4-5-7-14-12/h4-7,9,15H,8H2,1-3H3,(H,14,18)(H,16,17). The van der Waals surface area contributed by atoms with Gasteiger partial charge in [0, 0.05) is 30.0 Å². The number of aryl methyl sites for hydroxylation is 1. The molecule has 0 fully saturated rings. The summed E-state index contributed by atoms with van der Waals surface area (Å²) in [6, 6.07) is 5.26. The zero-order valence-corrected chi connectivity index (χ0v) is 13.0. The highest BCUT2D eigenvalue weighted by Crippen LogP contribution is 2.19. The van der Waals surface area contributed by atoms with Gasteiger partial charge in [0.2, 0.25) is 5.03 Å². The number of pyridine rings is 1. The Morgan fingerprint density at radius 3 is 2.71 bits per heavy atom. The van der Waals surface area contributed by atoms with Crippen LogP contribution in [-0.2, 0) is 16.6 Å². The molecule has 2 rings (SSSR count). The highest BCUT2D eigenvalue weighted by Gasteiger charge is 2.24. The molecule has 114 valence electrons. The van der Waals surface area contributed by atoms with Crippen LogP contribution in [0.15, 0.2) is 29.4 Å². The van der Waals surface area contributed by atoms with Crippen molar-refractivity contribution in [2.75, 3.05) is 4.72 Å². The minimum atomic E-state index is -3.77. The number of anilines is 1. The molecular weight excluding hydrogens is 290 g/mol. The zero-order valence-electron chi connectivity index (χ0n) is 12.2. The van der Waals surface area contributed by atoms with E-state index in [1.54, 1.807) is 25.1 Å². The summed E-state index contributed by atoms with van der Waals surface area (Å²) in [5.41, 5.74) is 1.36. The Morgan fingerprint density at radius 1 is 1.33 bits per heavy atom. The Bertz CT molecular complexity index is 695. The lowest BCUT2D eigenvalue weighted by atomic mass is 10.2. The predicted octanol–water partition coefficient (Wildman–Crippen LogP) is 1.41. The van der Waals surface area contributed by atoms with Crippen molar-refractivity contribution in [3.8, 4) is 0 Å². The molecule has 8 heteroatoms. The SMILES string of the molecule is Cc1[nH]nc(S(=O)(=O)Nc2ccccn2)c1CNC(C)C. The quantitative estimate of drug-likeness (QED) is 0.749. The topological polar surface area (TPSA) is 99.8 Å². The first kappa shape index (κ1) is 15.5. The van der Waals surface area contributed by atoms with E-state index >= 15 is 0 Å². The molecule has 0 aliphatic heterocycles. The van der Waals surface area contributed by atoms with Gasteiger partial charge in [0.05, 0.1) is 0 Å². The Hall–Kier alpha value is -1.93. The first-order valence-corrected chi connectivity index (χ1v) is 8.09. The van der Waals surface area contributed by atoms with Gasteiger partial charge in [-0.25, -0.2) is 4.98 Å². The number of aromatic amines is 1. The number of H-pyrrole nitrogens is 1. The van der Waals surface area contributed by atoms with E-state index in [1.807, 2.05) is 13.8 Å². The molecule has 0 bridgehead atoms. The molecule has 0 saturated heterocycles. The van der Waals surface area contributed by atoms with E-state index in [0.717, 1.165) is 5.69 Å². The van der Waals surface area contributed by atoms with Crippen LogP contribution in [0.5, 0.6) is 0 Å². The molecule has 0 unspecified atom stereocenters. The summed E-state index contributed by atoms with van der Waals surface area (Å²) < 4.78 is 27.3. The second kappa shape index (κ2) is 6.23. The maximum absolute atomic E-state index is 12.4. The minimum Gasteiger partial charge on any atom is -0.310 e. The van der Waals surface area contributed by atoms with E-state index in [2.05, 4.69) is 25.2 Å².